The lowest BCUT2D eigenvalue weighted by Crippen LogP contribution is -2.14. The van der Waals surface area contributed by atoms with E-state index in [4.69, 9.17) is 10.5 Å². The van der Waals surface area contributed by atoms with E-state index in [0.717, 1.165) is 22.4 Å². The predicted molar refractivity (Wildman–Crippen MR) is 79.4 cm³/mol. The van der Waals surface area contributed by atoms with Gasteiger partial charge in [-0.1, -0.05) is 30.3 Å². The van der Waals surface area contributed by atoms with Crippen LogP contribution < -0.4 is 10.5 Å². The molecule has 2 N–H and O–H groups in total. The quantitative estimate of drug-likeness (QED) is 0.896. The second-order valence-corrected chi connectivity index (χ2v) is 4.96. The zero-order valence-corrected chi connectivity index (χ0v) is 11.9. The summed E-state index contributed by atoms with van der Waals surface area (Å²) in [6.07, 6.45) is 0.541. The molecule has 0 aromatic heterocycles. The average Bonchev–Trinajstić information content (AvgIpc) is 2.43. The molecule has 20 heavy (non-hydrogen) atoms. The van der Waals surface area contributed by atoms with Crippen molar-refractivity contribution in [2.45, 2.75) is 26.4 Å². The molecule has 1 unspecified atom stereocenters. The number of halogens is 1. The van der Waals surface area contributed by atoms with E-state index in [1.54, 1.807) is 12.1 Å². The molecule has 0 saturated heterocycles. The zero-order valence-electron chi connectivity index (χ0n) is 11.9. The lowest BCUT2D eigenvalue weighted by Gasteiger charge is -2.21. The Hall–Kier alpha value is -1.87. The number of benzene rings is 2. The number of hydrogen-bond donors (Lipinski definition) is 1. The first-order chi connectivity index (χ1) is 9.61. The number of nitrogens with two attached hydrogens (primary N) is 1. The predicted octanol–water partition coefficient (Wildman–Crippen LogP) is 3.91. The summed E-state index contributed by atoms with van der Waals surface area (Å²) in [5.41, 5.74) is 8.80. The van der Waals surface area contributed by atoms with Crippen LogP contribution in [0.4, 0.5) is 4.39 Å². The molecule has 0 heterocycles. The van der Waals surface area contributed by atoms with E-state index in [0.29, 0.717) is 13.0 Å². The Balaban J connectivity index is 2.28. The maximum Gasteiger partial charge on any atom is 0.126 e. The third-order valence-electron chi connectivity index (χ3n) is 3.34. The molecule has 106 valence electrons. The molecule has 0 aliphatic heterocycles. The maximum absolute atomic E-state index is 13.0. The molecule has 0 aliphatic carbocycles. The minimum absolute atomic E-state index is 0.152. The fourth-order valence-electron chi connectivity index (χ4n) is 2.25. The van der Waals surface area contributed by atoms with Crippen LogP contribution in [0.25, 0.3) is 0 Å². The van der Waals surface area contributed by atoms with Gasteiger partial charge in [0.15, 0.2) is 0 Å². The third-order valence-corrected chi connectivity index (χ3v) is 3.34. The van der Waals surface area contributed by atoms with Gasteiger partial charge >= 0.3 is 0 Å². The van der Waals surface area contributed by atoms with E-state index in [1.165, 1.54) is 12.1 Å². The number of ether oxygens (including phenoxy) is 1. The normalized spacial score (nSPS) is 12.2. The van der Waals surface area contributed by atoms with Gasteiger partial charge in [-0.2, -0.15) is 0 Å². The molecule has 2 rings (SSSR count). The topological polar surface area (TPSA) is 35.2 Å². The fourth-order valence-corrected chi connectivity index (χ4v) is 2.25. The Morgan fingerprint density at radius 3 is 2.20 bits per heavy atom. The second kappa shape index (κ2) is 6.53. The van der Waals surface area contributed by atoms with Crippen molar-refractivity contribution in [3.05, 3.63) is 65.0 Å². The minimum Gasteiger partial charge on any atom is -0.485 e. The molecule has 0 aliphatic rings. The molecule has 0 saturated carbocycles. The first-order valence-corrected chi connectivity index (χ1v) is 6.80. The monoisotopic (exact) mass is 273 g/mol. The van der Waals surface area contributed by atoms with E-state index in [-0.39, 0.29) is 11.9 Å². The molecular formula is C17H20FNO. The molecule has 0 radical (unpaired) electrons. The molecule has 0 bridgehead atoms. The summed E-state index contributed by atoms with van der Waals surface area (Å²) in [5, 5.41) is 0. The summed E-state index contributed by atoms with van der Waals surface area (Å²) in [6, 6.07) is 12.5. The first kappa shape index (κ1) is 14.5. The zero-order chi connectivity index (χ0) is 14.5. The van der Waals surface area contributed by atoms with Crippen molar-refractivity contribution in [1.82, 2.24) is 0 Å². The van der Waals surface area contributed by atoms with Gasteiger partial charge in [-0.25, -0.2) is 4.39 Å². The van der Waals surface area contributed by atoms with Crippen molar-refractivity contribution in [2.24, 2.45) is 5.73 Å². The molecule has 0 fully saturated rings. The number of hydrogen-bond acceptors (Lipinski definition) is 2. The fraction of sp³-hybridized carbons (Fsp3) is 0.294. The van der Waals surface area contributed by atoms with Gasteiger partial charge in [0.25, 0.3) is 0 Å². The summed E-state index contributed by atoms with van der Waals surface area (Å²) in [4.78, 5) is 0. The van der Waals surface area contributed by atoms with E-state index < -0.39 is 0 Å². The van der Waals surface area contributed by atoms with Gasteiger partial charge in [0, 0.05) is 6.42 Å². The van der Waals surface area contributed by atoms with Crippen LogP contribution in [0, 0.1) is 19.7 Å². The van der Waals surface area contributed by atoms with Crippen molar-refractivity contribution in [2.75, 3.05) is 6.54 Å². The third kappa shape index (κ3) is 3.36. The molecule has 2 aromatic rings. The number of rotatable bonds is 5. The lowest BCUT2D eigenvalue weighted by atomic mass is 10.1. The van der Waals surface area contributed by atoms with Crippen LogP contribution in [0.5, 0.6) is 5.75 Å². The van der Waals surface area contributed by atoms with E-state index in [2.05, 4.69) is 0 Å². The highest BCUT2D eigenvalue weighted by Crippen LogP contribution is 2.30. The summed E-state index contributed by atoms with van der Waals surface area (Å²) in [6.45, 7) is 4.56. The molecule has 2 aromatic carbocycles. The van der Waals surface area contributed by atoms with Crippen molar-refractivity contribution < 1.29 is 9.13 Å². The van der Waals surface area contributed by atoms with Crippen LogP contribution in [0.3, 0.4) is 0 Å². The molecule has 0 amide bonds. The largest absolute Gasteiger partial charge is 0.485 e. The van der Waals surface area contributed by atoms with Crippen LogP contribution in [0.2, 0.25) is 0 Å². The molecule has 2 nitrogen and oxygen atoms in total. The van der Waals surface area contributed by atoms with E-state index in [1.807, 2.05) is 32.0 Å². The minimum atomic E-state index is -0.243. The second-order valence-electron chi connectivity index (χ2n) is 4.96. The van der Waals surface area contributed by atoms with Crippen LogP contribution >= 0.6 is 0 Å². The van der Waals surface area contributed by atoms with Gasteiger partial charge in [-0.15, -0.1) is 0 Å². The van der Waals surface area contributed by atoms with Crippen LogP contribution in [0.1, 0.15) is 29.2 Å². The number of para-hydroxylation sites is 1. The van der Waals surface area contributed by atoms with E-state index >= 15 is 0 Å². The molecular weight excluding hydrogens is 253 g/mol. The van der Waals surface area contributed by atoms with Crippen LogP contribution in [-0.4, -0.2) is 6.54 Å². The lowest BCUT2D eigenvalue weighted by molar-refractivity contribution is 0.195. The van der Waals surface area contributed by atoms with Gasteiger partial charge in [-0.05, 0) is 49.2 Å². The van der Waals surface area contributed by atoms with Crippen molar-refractivity contribution in [3.8, 4) is 5.75 Å². The Kier molecular flexibility index (Phi) is 4.74. The van der Waals surface area contributed by atoms with E-state index in [9.17, 15) is 4.39 Å². The smallest absolute Gasteiger partial charge is 0.126 e. The summed E-state index contributed by atoms with van der Waals surface area (Å²) < 4.78 is 19.2. The first-order valence-electron chi connectivity index (χ1n) is 6.80. The molecule has 0 spiro atoms. The van der Waals surface area contributed by atoms with Gasteiger partial charge in [0.2, 0.25) is 0 Å². The average molecular weight is 273 g/mol. The van der Waals surface area contributed by atoms with Gasteiger partial charge in [-0.3, -0.25) is 0 Å². The highest BCUT2D eigenvalue weighted by molar-refractivity contribution is 5.40. The molecule has 3 heteroatoms. The molecule has 1 atom stereocenters. The summed E-state index contributed by atoms with van der Waals surface area (Å²) in [5.74, 6) is 0.641. The van der Waals surface area contributed by atoms with Gasteiger partial charge < -0.3 is 10.5 Å². The van der Waals surface area contributed by atoms with Gasteiger partial charge in [0.1, 0.15) is 17.7 Å². The number of aryl methyl sites for hydroxylation is 2. The Bertz CT molecular complexity index is 545. The van der Waals surface area contributed by atoms with Crippen molar-refractivity contribution in [3.63, 3.8) is 0 Å². The highest BCUT2D eigenvalue weighted by Gasteiger charge is 2.15. The van der Waals surface area contributed by atoms with Gasteiger partial charge in [0.05, 0.1) is 0 Å². The van der Waals surface area contributed by atoms with Crippen molar-refractivity contribution >= 4 is 0 Å². The maximum atomic E-state index is 13.0. The van der Waals surface area contributed by atoms with Crippen LogP contribution in [0.15, 0.2) is 42.5 Å². The Morgan fingerprint density at radius 1 is 1.05 bits per heavy atom. The summed E-state index contributed by atoms with van der Waals surface area (Å²) in [7, 11) is 0. The highest BCUT2D eigenvalue weighted by atomic mass is 19.1. The SMILES string of the molecule is Cc1cccc(C)c1OC(CCN)c1ccc(F)cc1. The Labute approximate surface area is 119 Å². The Morgan fingerprint density at radius 2 is 1.65 bits per heavy atom. The van der Waals surface area contributed by atoms with Crippen LogP contribution in [-0.2, 0) is 0 Å². The van der Waals surface area contributed by atoms with Crippen molar-refractivity contribution in [1.29, 1.82) is 0 Å². The summed E-state index contributed by atoms with van der Waals surface area (Å²) >= 11 is 0. The standard InChI is InChI=1S/C17H20FNO/c1-12-4-3-5-13(2)17(12)20-16(10-11-19)14-6-8-15(18)9-7-14/h3-9,16H,10-11,19H2,1-2H3.